The highest BCUT2D eigenvalue weighted by molar-refractivity contribution is 7.08. The number of carbonyl (C=O) groups is 1. The number of rotatable bonds is 3. The second-order valence-corrected chi connectivity index (χ2v) is 4.84. The SMILES string of the molecule is Cc1nnsc1C(=O)Nc1ccc(N(C)C)cc1. The lowest BCUT2D eigenvalue weighted by molar-refractivity contribution is 0.103. The van der Waals surface area contributed by atoms with Crippen LogP contribution in [0.3, 0.4) is 0 Å². The van der Waals surface area contributed by atoms with E-state index in [0.717, 1.165) is 22.9 Å². The summed E-state index contributed by atoms with van der Waals surface area (Å²) in [6.45, 7) is 1.77. The topological polar surface area (TPSA) is 58.1 Å². The quantitative estimate of drug-likeness (QED) is 0.921. The highest BCUT2D eigenvalue weighted by Gasteiger charge is 2.13. The van der Waals surface area contributed by atoms with E-state index in [0.29, 0.717) is 10.6 Å². The van der Waals surface area contributed by atoms with Crippen molar-refractivity contribution in [1.29, 1.82) is 0 Å². The van der Waals surface area contributed by atoms with Gasteiger partial charge < -0.3 is 10.2 Å². The number of carbonyl (C=O) groups excluding carboxylic acids is 1. The summed E-state index contributed by atoms with van der Waals surface area (Å²) in [5, 5.41) is 6.64. The number of amides is 1. The minimum Gasteiger partial charge on any atom is -0.378 e. The van der Waals surface area contributed by atoms with Gasteiger partial charge in [-0.25, -0.2) is 0 Å². The van der Waals surface area contributed by atoms with Gasteiger partial charge in [0, 0.05) is 25.5 Å². The standard InChI is InChI=1S/C12H14N4OS/c1-8-11(18-15-14-8)12(17)13-9-4-6-10(7-5-9)16(2)3/h4-7H,1-3H3,(H,13,17). The van der Waals surface area contributed by atoms with Crippen LogP contribution in [0.4, 0.5) is 11.4 Å². The van der Waals surface area contributed by atoms with E-state index in [2.05, 4.69) is 14.9 Å². The number of hydrogen-bond donors (Lipinski definition) is 1. The summed E-state index contributed by atoms with van der Waals surface area (Å²) in [6, 6.07) is 7.65. The molecule has 2 rings (SSSR count). The number of nitrogens with one attached hydrogen (secondary N) is 1. The van der Waals surface area contributed by atoms with Crippen molar-refractivity contribution < 1.29 is 4.79 Å². The van der Waals surface area contributed by atoms with Gasteiger partial charge >= 0.3 is 0 Å². The number of benzene rings is 1. The van der Waals surface area contributed by atoms with Crippen molar-refractivity contribution in [2.75, 3.05) is 24.3 Å². The van der Waals surface area contributed by atoms with Gasteiger partial charge in [-0.1, -0.05) is 4.49 Å². The molecule has 1 heterocycles. The van der Waals surface area contributed by atoms with Gasteiger partial charge in [0.25, 0.3) is 5.91 Å². The largest absolute Gasteiger partial charge is 0.378 e. The van der Waals surface area contributed by atoms with Crippen LogP contribution in [0.5, 0.6) is 0 Å². The highest BCUT2D eigenvalue weighted by atomic mass is 32.1. The van der Waals surface area contributed by atoms with Crippen molar-refractivity contribution in [2.45, 2.75) is 6.92 Å². The fourth-order valence-electron chi connectivity index (χ4n) is 1.47. The maximum atomic E-state index is 11.9. The molecule has 2 aromatic rings. The fourth-order valence-corrected chi connectivity index (χ4v) is 2.02. The Morgan fingerprint density at radius 2 is 1.94 bits per heavy atom. The van der Waals surface area contributed by atoms with E-state index in [1.54, 1.807) is 6.92 Å². The molecule has 1 N–H and O–H groups in total. The Balaban J connectivity index is 2.10. The molecular weight excluding hydrogens is 248 g/mol. The smallest absolute Gasteiger partial charge is 0.269 e. The third kappa shape index (κ3) is 2.65. The summed E-state index contributed by atoms with van der Waals surface area (Å²) < 4.78 is 3.75. The zero-order valence-electron chi connectivity index (χ0n) is 10.5. The Morgan fingerprint density at radius 3 is 2.44 bits per heavy atom. The number of aromatic nitrogens is 2. The van der Waals surface area contributed by atoms with Gasteiger partial charge in [0.1, 0.15) is 4.88 Å². The molecule has 0 saturated heterocycles. The molecule has 0 aliphatic heterocycles. The van der Waals surface area contributed by atoms with Crippen molar-refractivity contribution in [1.82, 2.24) is 9.59 Å². The van der Waals surface area contributed by atoms with Gasteiger partial charge in [-0.15, -0.1) is 5.10 Å². The molecule has 0 spiro atoms. The van der Waals surface area contributed by atoms with Crippen LogP contribution in [-0.4, -0.2) is 29.6 Å². The Kier molecular flexibility index (Phi) is 3.57. The number of nitrogens with zero attached hydrogens (tertiary/aromatic N) is 3. The molecule has 0 fully saturated rings. The molecule has 0 unspecified atom stereocenters. The Bertz CT molecular complexity index is 547. The zero-order chi connectivity index (χ0) is 13.1. The molecular formula is C12H14N4OS. The average molecular weight is 262 g/mol. The van der Waals surface area contributed by atoms with Crippen molar-refractivity contribution in [3.63, 3.8) is 0 Å². The second-order valence-electron chi connectivity index (χ2n) is 4.08. The van der Waals surface area contributed by atoms with Crippen LogP contribution in [0, 0.1) is 6.92 Å². The van der Waals surface area contributed by atoms with Crippen molar-refractivity contribution in [3.05, 3.63) is 34.8 Å². The molecule has 5 nitrogen and oxygen atoms in total. The van der Waals surface area contributed by atoms with Crippen molar-refractivity contribution in [2.24, 2.45) is 0 Å². The van der Waals surface area contributed by atoms with Gasteiger partial charge in [-0.3, -0.25) is 4.79 Å². The lowest BCUT2D eigenvalue weighted by Crippen LogP contribution is -2.12. The summed E-state index contributed by atoms with van der Waals surface area (Å²) in [6.07, 6.45) is 0. The van der Waals surface area contributed by atoms with Crippen molar-refractivity contribution in [3.8, 4) is 0 Å². The number of hydrogen-bond acceptors (Lipinski definition) is 5. The number of aryl methyl sites for hydroxylation is 1. The van der Waals surface area contributed by atoms with Crippen LogP contribution in [0.25, 0.3) is 0 Å². The van der Waals surface area contributed by atoms with E-state index >= 15 is 0 Å². The molecule has 0 aliphatic rings. The van der Waals surface area contributed by atoms with Gasteiger partial charge in [-0.2, -0.15) is 0 Å². The Labute approximate surface area is 110 Å². The molecule has 0 aliphatic carbocycles. The predicted octanol–water partition coefficient (Wildman–Crippen LogP) is 2.16. The summed E-state index contributed by atoms with van der Waals surface area (Å²) in [4.78, 5) is 14.5. The van der Waals surface area contributed by atoms with Gasteiger partial charge in [0.15, 0.2) is 0 Å². The van der Waals surface area contributed by atoms with E-state index in [4.69, 9.17) is 0 Å². The molecule has 1 amide bonds. The molecule has 1 aromatic heterocycles. The molecule has 0 radical (unpaired) electrons. The maximum Gasteiger partial charge on any atom is 0.269 e. The zero-order valence-corrected chi connectivity index (χ0v) is 11.3. The van der Waals surface area contributed by atoms with Gasteiger partial charge in [-0.05, 0) is 42.7 Å². The first-order chi connectivity index (χ1) is 8.58. The molecule has 0 saturated carbocycles. The van der Waals surface area contributed by atoms with E-state index in [-0.39, 0.29) is 5.91 Å². The van der Waals surface area contributed by atoms with Crippen LogP contribution in [0.15, 0.2) is 24.3 Å². The van der Waals surface area contributed by atoms with Crippen LogP contribution in [-0.2, 0) is 0 Å². The van der Waals surface area contributed by atoms with Crippen LogP contribution in [0.2, 0.25) is 0 Å². The lowest BCUT2D eigenvalue weighted by atomic mass is 10.2. The van der Waals surface area contributed by atoms with E-state index in [9.17, 15) is 4.79 Å². The first-order valence-electron chi connectivity index (χ1n) is 5.45. The monoisotopic (exact) mass is 262 g/mol. The Morgan fingerprint density at radius 1 is 1.28 bits per heavy atom. The third-order valence-corrected chi connectivity index (χ3v) is 3.33. The normalized spacial score (nSPS) is 10.2. The van der Waals surface area contributed by atoms with E-state index < -0.39 is 0 Å². The van der Waals surface area contributed by atoms with Gasteiger partial charge in [0.05, 0.1) is 5.69 Å². The maximum absolute atomic E-state index is 11.9. The summed E-state index contributed by atoms with van der Waals surface area (Å²) >= 11 is 1.10. The van der Waals surface area contributed by atoms with Crippen LogP contribution < -0.4 is 10.2 Å². The summed E-state index contributed by atoms with van der Waals surface area (Å²) in [5.74, 6) is -0.167. The summed E-state index contributed by atoms with van der Waals surface area (Å²) in [5.41, 5.74) is 2.50. The molecule has 94 valence electrons. The minimum absolute atomic E-state index is 0.167. The molecule has 0 bridgehead atoms. The van der Waals surface area contributed by atoms with Crippen LogP contribution in [0.1, 0.15) is 15.4 Å². The molecule has 1 aromatic carbocycles. The average Bonchev–Trinajstić information content (AvgIpc) is 2.76. The predicted molar refractivity (Wildman–Crippen MR) is 73.4 cm³/mol. The first kappa shape index (κ1) is 12.5. The summed E-state index contributed by atoms with van der Waals surface area (Å²) in [7, 11) is 3.94. The van der Waals surface area contributed by atoms with Gasteiger partial charge in [0.2, 0.25) is 0 Å². The Hall–Kier alpha value is -1.95. The molecule has 18 heavy (non-hydrogen) atoms. The van der Waals surface area contributed by atoms with E-state index in [1.807, 2.05) is 43.3 Å². The number of anilines is 2. The molecule has 6 heteroatoms. The molecule has 0 atom stereocenters. The van der Waals surface area contributed by atoms with E-state index in [1.165, 1.54) is 0 Å². The first-order valence-corrected chi connectivity index (χ1v) is 6.23. The third-order valence-electron chi connectivity index (χ3n) is 2.50. The highest BCUT2D eigenvalue weighted by Crippen LogP contribution is 2.17. The minimum atomic E-state index is -0.167. The van der Waals surface area contributed by atoms with Crippen molar-refractivity contribution >= 4 is 28.8 Å². The fraction of sp³-hybridized carbons (Fsp3) is 0.250. The van der Waals surface area contributed by atoms with Crippen LogP contribution >= 0.6 is 11.5 Å². The lowest BCUT2D eigenvalue weighted by Gasteiger charge is -2.12. The second kappa shape index (κ2) is 5.14.